The van der Waals surface area contributed by atoms with Gasteiger partial charge in [-0.2, -0.15) is 0 Å². The second-order valence-corrected chi connectivity index (χ2v) is 10.7. The molecule has 0 unspecified atom stereocenters. The summed E-state index contributed by atoms with van der Waals surface area (Å²) in [6.45, 7) is 6.99. The number of nitrogens with zero attached hydrogens (tertiary/aromatic N) is 3. The van der Waals surface area contributed by atoms with Crippen molar-refractivity contribution >= 4 is 40.7 Å². The van der Waals surface area contributed by atoms with Gasteiger partial charge in [0.1, 0.15) is 11.5 Å². The third-order valence-electron chi connectivity index (χ3n) is 6.62. The number of hydrogen-bond acceptors (Lipinski definition) is 8. The first-order chi connectivity index (χ1) is 19.1. The topological polar surface area (TPSA) is 117 Å². The fraction of sp³-hybridized carbons (Fsp3) is 0.207. The Morgan fingerprint density at radius 3 is 2.62 bits per heavy atom. The fourth-order valence-corrected chi connectivity index (χ4v) is 5.77. The number of halogens is 1. The van der Waals surface area contributed by atoms with Crippen molar-refractivity contribution in [1.82, 2.24) is 4.57 Å². The molecule has 2 aromatic carbocycles. The second-order valence-electron chi connectivity index (χ2n) is 9.27. The van der Waals surface area contributed by atoms with Gasteiger partial charge in [0, 0.05) is 28.3 Å². The van der Waals surface area contributed by atoms with Gasteiger partial charge in [-0.15, -0.1) is 0 Å². The molecular weight excluding hydrogens is 554 g/mol. The molecule has 1 aliphatic rings. The van der Waals surface area contributed by atoms with E-state index >= 15 is 0 Å². The fourth-order valence-electron chi connectivity index (χ4n) is 4.56. The molecule has 0 saturated heterocycles. The van der Waals surface area contributed by atoms with E-state index in [1.165, 1.54) is 10.6 Å². The third kappa shape index (κ3) is 4.91. The first-order valence-electron chi connectivity index (χ1n) is 12.4. The van der Waals surface area contributed by atoms with Gasteiger partial charge in [0.25, 0.3) is 11.2 Å². The lowest BCUT2D eigenvalue weighted by Crippen LogP contribution is -2.40. The van der Waals surface area contributed by atoms with E-state index in [0.29, 0.717) is 42.7 Å². The summed E-state index contributed by atoms with van der Waals surface area (Å²) in [4.78, 5) is 43.0. The van der Waals surface area contributed by atoms with Gasteiger partial charge in [-0.1, -0.05) is 47.2 Å². The van der Waals surface area contributed by atoms with Crippen LogP contribution in [0, 0.1) is 24.0 Å². The zero-order valence-electron chi connectivity index (χ0n) is 22.1. The number of carbonyl (C=O) groups excluding carboxylic acids is 1. The van der Waals surface area contributed by atoms with Crippen molar-refractivity contribution in [1.29, 1.82) is 0 Å². The maximum Gasteiger partial charge on any atom is 0.338 e. The SMILES string of the molecule is CCOC(=O)C1=C(C)N=c2s/c(=C/c3ccc(-c4ccc(C)c(Cl)c4)o3)c(=O)n2[C@@H]1c1ccc(C)c([N+](=O)[O-])c1. The van der Waals surface area contributed by atoms with Crippen LogP contribution >= 0.6 is 22.9 Å². The number of furan rings is 1. The molecule has 4 aromatic rings. The number of hydrogen-bond donors (Lipinski definition) is 0. The Labute approximate surface area is 237 Å². The molecular formula is C29H24ClN3O6S. The first-order valence-corrected chi connectivity index (χ1v) is 13.6. The standard InChI is InChI=1S/C29H24ClN3O6S/c1-5-38-28(35)25-17(4)31-29-32(26(25)19-9-7-16(3)22(13-19)33(36)37)27(34)24(40-29)14-20-10-11-23(39-20)18-8-6-15(2)21(30)12-18/h6-14,26H,5H2,1-4H3/b24-14+/t26-/m1/s1. The highest BCUT2D eigenvalue weighted by Gasteiger charge is 2.34. The Kier molecular flexibility index (Phi) is 7.31. The maximum atomic E-state index is 13.8. The van der Waals surface area contributed by atoms with Gasteiger partial charge >= 0.3 is 5.97 Å². The number of fused-ring (bicyclic) bond motifs is 1. The molecule has 2 aromatic heterocycles. The third-order valence-corrected chi connectivity index (χ3v) is 8.01. The van der Waals surface area contributed by atoms with E-state index < -0.39 is 22.5 Å². The van der Waals surface area contributed by atoms with E-state index in [-0.39, 0.29) is 17.9 Å². The highest BCUT2D eigenvalue weighted by Crippen LogP contribution is 2.33. The molecule has 3 heterocycles. The molecule has 0 fully saturated rings. The number of benzene rings is 2. The molecule has 0 N–H and O–H groups in total. The van der Waals surface area contributed by atoms with Crippen LogP contribution in [0.4, 0.5) is 5.69 Å². The Morgan fingerprint density at radius 1 is 1.18 bits per heavy atom. The summed E-state index contributed by atoms with van der Waals surface area (Å²) in [6, 6.07) is 12.9. The van der Waals surface area contributed by atoms with E-state index in [9.17, 15) is 19.7 Å². The van der Waals surface area contributed by atoms with Crippen molar-refractivity contribution in [2.45, 2.75) is 33.7 Å². The lowest BCUT2D eigenvalue weighted by atomic mass is 9.94. The molecule has 0 spiro atoms. The number of allylic oxidation sites excluding steroid dienone is 1. The summed E-state index contributed by atoms with van der Waals surface area (Å²) < 4.78 is 13.0. The number of nitro benzene ring substituents is 1. The Morgan fingerprint density at radius 2 is 1.93 bits per heavy atom. The molecule has 1 atom stereocenters. The van der Waals surface area contributed by atoms with Crippen molar-refractivity contribution in [2.24, 2.45) is 4.99 Å². The summed E-state index contributed by atoms with van der Waals surface area (Å²) >= 11 is 7.40. The van der Waals surface area contributed by atoms with Crippen LogP contribution in [0.1, 0.15) is 42.3 Å². The first kappa shape index (κ1) is 27.3. The Hall–Kier alpha value is -4.28. The summed E-state index contributed by atoms with van der Waals surface area (Å²) in [5.41, 5.74) is 2.60. The summed E-state index contributed by atoms with van der Waals surface area (Å²) in [5, 5.41) is 12.3. The predicted octanol–water partition coefficient (Wildman–Crippen LogP) is 5.24. The number of carbonyl (C=O) groups is 1. The molecule has 0 aliphatic carbocycles. The van der Waals surface area contributed by atoms with Crippen LogP contribution in [0.25, 0.3) is 17.4 Å². The van der Waals surface area contributed by atoms with Gasteiger partial charge in [0.05, 0.1) is 33.4 Å². The van der Waals surface area contributed by atoms with Crippen LogP contribution in [0.3, 0.4) is 0 Å². The van der Waals surface area contributed by atoms with E-state index in [4.69, 9.17) is 20.8 Å². The number of ether oxygens (including phenoxy) is 1. The van der Waals surface area contributed by atoms with E-state index in [0.717, 1.165) is 22.5 Å². The summed E-state index contributed by atoms with van der Waals surface area (Å²) in [7, 11) is 0. The summed E-state index contributed by atoms with van der Waals surface area (Å²) in [6.07, 6.45) is 1.61. The van der Waals surface area contributed by atoms with Crippen molar-refractivity contribution in [2.75, 3.05) is 6.61 Å². The van der Waals surface area contributed by atoms with Gasteiger partial charge in [-0.25, -0.2) is 9.79 Å². The normalized spacial score (nSPS) is 15.1. The molecule has 0 bridgehead atoms. The number of thiazole rings is 1. The van der Waals surface area contributed by atoms with E-state index in [1.54, 1.807) is 51.1 Å². The molecule has 40 heavy (non-hydrogen) atoms. The molecule has 5 rings (SSSR count). The molecule has 0 amide bonds. The van der Waals surface area contributed by atoms with Gasteiger partial charge in [0.2, 0.25) is 0 Å². The average Bonchev–Trinajstić information content (AvgIpc) is 3.49. The predicted molar refractivity (Wildman–Crippen MR) is 152 cm³/mol. The van der Waals surface area contributed by atoms with Crippen LogP contribution in [0.2, 0.25) is 5.02 Å². The Balaban J connectivity index is 1.66. The smallest absolute Gasteiger partial charge is 0.338 e. The lowest BCUT2D eigenvalue weighted by molar-refractivity contribution is -0.385. The highest BCUT2D eigenvalue weighted by atomic mass is 35.5. The molecule has 0 radical (unpaired) electrons. The van der Waals surface area contributed by atoms with Crippen molar-refractivity contribution in [3.63, 3.8) is 0 Å². The molecule has 11 heteroatoms. The number of rotatable bonds is 6. The quantitative estimate of drug-likeness (QED) is 0.176. The lowest BCUT2D eigenvalue weighted by Gasteiger charge is -2.24. The molecule has 9 nitrogen and oxygen atoms in total. The minimum Gasteiger partial charge on any atom is -0.463 e. The minimum absolute atomic E-state index is 0.114. The minimum atomic E-state index is -0.960. The van der Waals surface area contributed by atoms with Crippen LogP contribution in [-0.4, -0.2) is 22.1 Å². The average molecular weight is 578 g/mol. The number of aromatic nitrogens is 1. The van der Waals surface area contributed by atoms with Crippen LogP contribution in [0.5, 0.6) is 0 Å². The highest BCUT2D eigenvalue weighted by molar-refractivity contribution is 7.07. The zero-order valence-corrected chi connectivity index (χ0v) is 23.6. The van der Waals surface area contributed by atoms with Gasteiger partial charge in [-0.05, 0) is 57.0 Å². The van der Waals surface area contributed by atoms with Crippen molar-refractivity contribution in [3.8, 4) is 11.3 Å². The van der Waals surface area contributed by atoms with E-state index in [1.807, 2.05) is 25.1 Å². The second kappa shape index (κ2) is 10.7. The number of esters is 1. The van der Waals surface area contributed by atoms with Gasteiger partial charge < -0.3 is 9.15 Å². The molecule has 0 saturated carbocycles. The summed E-state index contributed by atoms with van der Waals surface area (Å²) in [5.74, 6) is 0.394. The zero-order chi connectivity index (χ0) is 28.7. The number of nitro groups is 1. The number of aryl methyl sites for hydroxylation is 2. The van der Waals surface area contributed by atoms with Crippen LogP contribution in [-0.2, 0) is 9.53 Å². The Bertz CT molecular complexity index is 1900. The van der Waals surface area contributed by atoms with Crippen molar-refractivity contribution < 1.29 is 18.9 Å². The maximum absolute atomic E-state index is 13.8. The van der Waals surface area contributed by atoms with Gasteiger partial charge in [-0.3, -0.25) is 19.5 Å². The van der Waals surface area contributed by atoms with Crippen LogP contribution < -0.4 is 14.9 Å². The monoisotopic (exact) mass is 577 g/mol. The van der Waals surface area contributed by atoms with Gasteiger partial charge in [0.15, 0.2) is 4.80 Å². The molecule has 1 aliphatic heterocycles. The van der Waals surface area contributed by atoms with Crippen LogP contribution in [0.15, 0.2) is 74.0 Å². The van der Waals surface area contributed by atoms with E-state index in [2.05, 4.69) is 4.99 Å². The molecule has 204 valence electrons. The van der Waals surface area contributed by atoms with Crippen molar-refractivity contribution in [3.05, 3.63) is 117 Å². The largest absolute Gasteiger partial charge is 0.463 e.